The van der Waals surface area contributed by atoms with Gasteiger partial charge >= 0.3 is 0 Å². The number of rotatable bonds is 3. The second-order valence-corrected chi connectivity index (χ2v) is 6.03. The number of halogens is 1. The Morgan fingerprint density at radius 1 is 1.33 bits per heavy atom. The Kier molecular flexibility index (Phi) is 4.22. The quantitative estimate of drug-likeness (QED) is 0.918. The molecular weight excluding hydrogens is 330 g/mol. The van der Waals surface area contributed by atoms with Crippen LogP contribution in [0.15, 0.2) is 22.7 Å². The highest BCUT2D eigenvalue weighted by atomic mass is 79.9. The molecular formula is C16H18BrN3O. The molecule has 0 saturated carbocycles. The molecule has 0 fully saturated rings. The summed E-state index contributed by atoms with van der Waals surface area (Å²) in [6.45, 7) is 6.31. The first-order chi connectivity index (χ1) is 10.2. The first-order valence-corrected chi connectivity index (χ1v) is 7.96. The SMILES string of the molecule is CCNc1nc(-c2ccc(Br)cc2C)nc2c1COCC2. The number of anilines is 1. The second-order valence-electron chi connectivity index (χ2n) is 5.11. The van der Waals surface area contributed by atoms with E-state index in [1.165, 1.54) is 5.56 Å². The number of nitrogens with zero attached hydrogens (tertiary/aromatic N) is 2. The molecule has 1 aliphatic heterocycles. The van der Waals surface area contributed by atoms with E-state index in [1.807, 2.05) is 6.07 Å². The minimum atomic E-state index is 0.595. The first kappa shape index (κ1) is 14.5. The van der Waals surface area contributed by atoms with Crippen molar-refractivity contribution in [3.05, 3.63) is 39.5 Å². The molecule has 1 aliphatic rings. The van der Waals surface area contributed by atoms with Crippen LogP contribution in [0.3, 0.4) is 0 Å². The lowest BCUT2D eigenvalue weighted by Gasteiger charge is -2.20. The highest BCUT2D eigenvalue weighted by Crippen LogP contribution is 2.28. The molecule has 2 aromatic rings. The van der Waals surface area contributed by atoms with Gasteiger partial charge in [-0.25, -0.2) is 9.97 Å². The summed E-state index contributed by atoms with van der Waals surface area (Å²) in [5.74, 6) is 1.69. The van der Waals surface area contributed by atoms with Gasteiger partial charge in [0.25, 0.3) is 0 Å². The zero-order valence-electron chi connectivity index (χ0n) is 12.2. The van der Waals surface area contributed by atoms with Crippen LogP contribution in [0.2, 0.25) is 0 Å². The third-order valence-corrected chi connectivity index (χ3v) is 4.09. The molecule has 1 aromatic carbocycles. The van der Waals surface area contributed by atoms with E-state index in [1.54, 1.807) is 0 Å². The predicted octanol–water partition coefficient (Wildman–Crippen LogP) is 3.72. The van der Waals surface area contributed by atoms with Crippen molar-refractivity contribution in [2.24, 2.45) is 0 Å². The molecule has 0 unspecified atom stereocenters. The summed E-state index contributed by atoms with van der Waals surface area (Å²) >= 11 is 3.50. The molecule has 1 aromatic heterocycles. The summed E-state index contributed by atoms with van der Waals surface area (Å²) in [5.41, 5.74) is 4.44. The van der Waals surface area contributed by atoms with Crippen LogP contribution in [0, 0.1) is 6.92 Å². The molecule has 0 atom stereocenters. The number of aromatic nitrogens is 2. The van der Waals surface area contributed by atoms with E-state index < -0.39 is 0 Å². The Bertz CT molecular complexity index is 673. The number of fused-ring (bicyclic) bond motifs is 1. The lowest BCUT2D eigenvalue weighted by Crippen LogP contribution is -2.17. The zero-order valence-corrected chi connectivity index (χ0v) is 13.8. The van der Waals surface area contributed by atoms with Gasteiger partial charge in [0.15, 0.2) is 5.82 Å². The van der Waals surface area contributed by atoms with Gasteiger partial charge in [0.1, 0.15) is 5.82 Å². The standard InChI is InChI=1S/C16H18BrN3O/c1-3-18-15-13-9-21-7-6-14(13)19-16(20-15)12-5-4-11(17)8-10(12)2/h4-5,8H,3,6-7,9H2,1-2H3,(H,18,19,20). The van der Waals surface area contributed by atoms with Crippen LogP contribution >= 0.6 is 15.9 Å². The maximum atomic E-state index is 5.54. The highest BCUT2D eigenvalue weighted by Gasteiger charge is 2.19. The summed E-state index contributed by atoms with van der Waals surface area (Å²) in [6, 6.07) is 6.19. The lowest BCUT2D eigenvalue weighted by atomic mass is 10.1. The van der Waals surface area contributed by atoms with E-state index in [-0.39, 0.29) is 0 Å². The van der Waals surface area contributed by atoms with Gasteiger partial charge in [0, 0.05) is 28.6 Å². The molecule has 0 saturated heterocycles. The Labute approximate surface area is 133 Å². The molecule has 5 heteroatoms. The van der Waals surface area contributed by atoms with Gasteiger partial charge in [-0.3, -0.25) is 0 Å². The van der Waals surface area contributed by atoms with Gasteiger partial charge in [-0.05, 0) is 37.6 Å². The molecule has 4 nitrogen and oxygen atoms in total. The maximum Gasteiger partial charge on any atom is 0.162 e. The fourth-order valence-electron chi connectivity index (χ4n) is 2.54. The van der Waals surface area contributed by atoms with Gasteiger partial charge in [0.2, 0.25) is 0 Å². The van der Waals surface area contributed by atoms with Gasteiger partial charge in [-0.1, -0.05) is 15.9 Å². The van der Waals surface area contributed by atoms with Crippen LogP contribution in [-0.4, -0.2) is 23.1 Å². The van der Waals surface area contributed by atoms with E-state index in [0.29, 0.717) is 6.61 Å². The number of nitrogens with one attached hydrogen (secondary N) is 1. The van der Waals surface area contributed by atoms with Crippen molar-refractivity contribution in [1.82, 2.24) is 9.97 Å². The molecule has 0 radical (unpaired) electrons. The van der Waals surface area contributed by atoms with E-state index >= 15 is 0 Å². The van der Waals surface area contributed by atoms with Crippen molar-refractivity contribution in [3.8, 4) is 11.4 Å². The minimum absolute atomic E-state index is 0.595. The maximum absolute atomic E-state index is 5.54. The highest BCUT2D eigenvalue weighted by molar-refractivity contribution is 9.10. The van der Waals surface area contributed by atoms with Crippen LogP contribution in [-0.2, 0) is 17.8 Å². The summed E-state index contributed by atoms with van der Waals surface area (Å²) in [6.07, 6.45) is 0.846. The zero-order chi connectivity index (χ0) is 14.8. The van der Waals surface area contributed by atoms with E-state index in [0.717, 1.165) is 52.5 Å². The van der Waals surface area contributed by atoms with Gasteiger partial charge in [-0.2, -0.15) is 0 Å². The first-order valence-electron chi connectivity index (χ1n) is 7.17. The van der Waals surface area contributed by atoms with Gasteiger partial charge in [-0.15, -0.1) is 0 Å². The molecule has 0 bridgehead atoms. The van der Waals surface area contributed by atoms with E-state index in [4.69, 9.17) is 14.7 Å². The van der Waals surface area contributed by atoms with Crippen molar-refractivity contribution in [1.29, 1.82) is 0 Å². The van der Waals surface area contributed by atoms with Crippen LogP contribution in [0.1, 0.15) is 23.7 Å². The average molecular weight is 348 g/mol. The molecule has 1 N–H and O–H groups in total. The Morgan fingerprint density at radius 3 is 2.95 bits per heavy atom. The van der Waals surface area contributed by atoms with Crippen LogP contribution in [0.4, 0.5) is 5.82 Å². The summed E-state index contributed by atoms with van der Waals surface area (Å²) in [4.78, 5) is 9.49. The molecule has 0 amide bonds. The number of hydrogen-bond donors (Lipinski definition) is 1. The molecule has 0 spiro atoms. The fourth-order valence-corrected chi connectivity index (χ4v) is 3.02. The summed E-state index contributed by atoms with van der Waals surface area (Å²) < 4.78 is 6.61. The normalized spacial score (nSPS) is 13.9. The monoisotopic (exact) mass is 347 g/mol. The lowest BCUT2D eigenvalue weighted by molar-refractivity contribution is 0.109. The third kappa shape index (κ3) is 2.94. The topological polar surface area (TPSA) is 47.0 Å². The van der Waals surface area contributed by atoms with Crippen LogP contribution in [0.25, 0.3) is 11.4 Å². The molecule has 110 valence electrons. The average Bonchev–Trinajstić information content (AvgIpc) is 2.47. The van der Waals surface area contributed by atoms with Gasteiger partial charge in [0.05, 0.1) is 18.9 Å². The summed E-state index contributed by atoms with van der Waals surface area (Å²) in [7, 11) is 0. The van der Waals surface area contributed by atoms with Gasteiger partial charge < -0.3 is 10.1 Å². The number of benzene rings is 1. The predicted molar refractivity (Wildman–Crippen MR) is 87.4 cm³/mol. The molecule has 2 heterocycles. The Morgan fingerprint density at radius 2 is 2.19 bits per heavy atom. The number of ether oxygens (including phenoxy) is 1. The molecule has 0 aliphatic carbocycles. The van der Waals surface area contributed by atoms with Crippen molar-refractivity contribution >= 4 is 21.7 Å². The van der Waals surface area contributed by atoms with Crippen LogP contribution in [0.5, 0.6) is 0 Å². The number of hydrogen-bond acceptors (Lipinski definition) is 4. The van der Waals surface area contributed by atoms with E-state index in [2.05, 4.69) is 47.2 Å². The summed E-state index contributed by atoms with van der Waals surface area (Å²) in [5, 5.41) is 3.34. The smallest absolute Gasteiger partial charge is 0.162 e. The molecule has 3 rings (SSSR count). The second kappa shape index (κ2) is 6.12. The van der Waals surface area contributed by atoms with Crippen molar-refractivity contribution in [2.45, 2.75) is 26.9 Å². The largest absolute Gasteiger partial charge is 0.376 e. The van der Waals surface area contributed by atoms with E-state index in [9.17, 15) is 0 Å². The van der Waals surface area contributed by atoms with Crippen molar-refractivity contribution in [2.75, 3.05) is 18.5 Å². The third-order valence-electron chi connectivity index (χ3n) is 3.60. The van der Waals surface area contributed by atoms with Crippen LogP contribution < -0.4 is 5.32 Å². The number of aryl methyl sites for hydroxylation is 1. The van der Waals surface area contributed by atoms with Crippen molar-refractivity contribution in [3.63, 3.8) is 0 Å². The van der Waals surface area contributed by atoms with Crippen molar-refractivity contribution < 1.29 is 4.74 Å². The molecule has 21 heavy (non-hydrogen) atoms. The fraction of sp³-hybridized carbons (Fsp3) is 0.375. The Hall–Kier alpha value is -1.46. The minimum Gasteiger partial charge on any atom is -0.376 e. The Balaban J connectivity index is 2.12.